The molecule has 0 spiro atoms. The van der Waals surface area contributed by atoms with Crippen molar-refractivity contribution in [3.05, 3.63) is 70.8 Å². The zero-order valence-corrected chi connectivity index (χ0v) is 19.8. The number of halogens is 1. The summed E-state index contributed by atoms with van der Waals surface area (Å²) in [6.07, 6.45) is 7.58. The monoisotopic (exact) mass is 480 g/mol. The Kier molecular flexibility index (Phi) is 6.67. The van der Waals surface area contributed by atoms with Crippen molar-refractivity contribution >= 4 is 46.1 Å². The van der Waals surface area contributed by atoms with Crippen LogP contribution in [0.3, 0.4) is 0 Å². The summed E-state index contributed by atoms with van der Waals surface area (Å²) in [6, 6.07) is 7.18. The van der Waals surface area contributed by atoms with E-state index < -0.39 is 5.54 Å². The van der Waals surface area contributed by atoms with Crippen molar-refractivity contribution in [2.75, 3.05) is 31.4 Å². The molecule has 3 aromatic heterocycles. The van der Waals surface area contributed by atoms with E-state index in [4.69, 9.17) is 16.3 Å². The molecule has 0 fully saturated rings. The molecule has 3 N–H and O–H groups in total. The molecule has 0 bridgehead atoms. The zero-order chi connectivity index (χ0) is 24.3. The fourth-order valence-electron chi connectivity index (χ4n) is 3.85. The maximum absolute atomic E-state index is 13.6. The number of carbonyl (C=O) groups excluding carboxylic acids is 2. The largest absolute Gasteiger partial charge is 0.385 e. The van der Waals surface area contributed by atoms with E-state index in [1.807, 2.05) is 18.3 Å². The minimum atomic E-state index is -1.02. The molecule has 0 aliphatic heterocycles. The minimum Gasteiger partial charge on any atom is -0.385 e. The van der Waals surface area contributed by atoms with Crippen LogP contribution in [-0.4, -0.2) is 58.1 Å². The average molecular weight is 481 g/mol. The molecule has 0 aliphatic rings. The lowest BCUT2D eigenvalue weighted by molar-refractivity contribution is -0.112. The van der Waals surface area contributed by atoms with E-state index in [-0.39, 0.29) is 12.4 Å². The normalized spacial score (nSPS) is 12.9. The lowest BCUT2D eigenvalue weighted by Gasteiger charge is -2.27. The maximum Gasteiger partial charge on any atom is 0.196 e. The quantitative estimate of drug-likeness (QED) is 0.234. The number of nitrogens with one attached hydrogen (secondary N) is 3. The number of aldehydes is 1. The molecule has 3 heterocycles. The number of methoxy groups -OCH3 is 1. The van der Waals surface area contributed by atoms with Gasteiger partial charge in [-0.25, -0.2) is 4.98 Å². The molecule has 4 rings (SSSR count). The van der Waals surface area contributed by atoms with Gasteiger partial charge in [-0.3, -0.25) is 9.48 Å². The van der Waals surface area contributed by atoms with Gasteiger partial charge >= 0.3 is 0 Å². The number of benzene rings is 1. The topological polar surface area (TPSA) is 114 Å². The van der Waals surface area contributed by atoms with Crippen molar-refractivity contribution in [3.63, 3.8) is 0 Å². The predicted molar refractivity (Wildman–Crippen MR) is 132 cm³/mol. The highest BCUT2D eigenvalue weighted by atomic mass is 35.5. The van der Waals surface area contributed by atoms with E-state index in [1.165, 1.54) is 7.11 Å². The molecule has 9 nitrogen and oxygen atoms in total. The third-order valence-electron chi connectivity index (χ3n) is 5.51. The highest BCUT2D eigenvalue weighted by Gasteiger charge is 2.28. The smallest absolute Gasteiger partial charge is 0.196 e. The zero-order valence-electron chi connectivity index (χ0n) is 19.1. The Labute approximate surface area is 201 Å². The number of rotatable bonds is 10. The summed E-state index contributed by atoms with van der Waals surface area (Å²) < 4.78 is 7.00. The second-order valence-electron chi connectivity index (χ2n) is 8.16. The Bertz CT molecular complexity index is 1330. The fraction of sp³-hybridized carbons (Fsp3) is 0.250. The molecule has 0 radical (unpaired) electrons. The van der Waals surface area contributed by atoms with E-state index in [0.29, 0.717) is 45.1 Å². The molecular formula is C24H25ClN6O3. The Morgan fingerprint density at radius 1 is 1.35 bits per heavy atom. The summed E-state index contributed by atoms with van der Waals surface area (Å²) in [5.41, 5.74) is 2.35. The molecule has 0 aliphatic carbocycles. The number of ether oxygens (including phenoxy) is 1. The van der Waals surface area contributed by atoms with Gasteiger partial charge in [-0.15, -0.1) is 0 Å². The van der Waals surface area contributed by atoms with Crippen LogP contribution in [0, 0.1) is 0 Å². The van der Waals surface area contributed by atoms with Gasteiger partial charge in [0.05, 0.1) is 46.7 Å². The summed E-state index contributed by atoms with van der Waals surface area (Å²) >= 11 is 6.53. The molecule has 10 heteroatoms. The summed E-state index contributed by atoms with van der Waals surface area (Å²) in [6.45, 7) is 2.40. The van der Waals surface area contributed by atoms with Crippen LogP contribution < -0.4 is 10.6 Å². The van der Waals surface area contributed by atoms with Crippen molar-refractivity contribution in [2.45, 2.75) is 19.0 Å². The van der Waals surface area contributed by atoms with Crippen molar-refractivity contribution in [1.29, 1.82) is 0 Å². The highest BCUT2D eigenvalue weighted by molar-refractivity contribution is 6.35. The van der Waals surface area contributed by atoms with Gasteiger partial charge in [-0.2, -0.15) is 5.10 Å². The van der Waals surface area contributed by atoms with E-state index in [2.05, 4.69) is 25.7 Å². The van der Waals surface area contributed by atoms with Gasteiger partial charge in [-0.1, -0.05) is 17.7 Å². The van der Waals surface area contributed by atoms with Crippen LogP contribution in [0.4, 0.5) is 11.4 Å². The number of hydrogen-bond donors (Lipinski definition) is 3. The van der Waals surface area contributed by atoms with Gasteiger partial charge in [0.15, 0.2) is 5.78 Å². The van der Waals surface area contributed by atoms with E-state index in [0.717, 1.165) is 11.8 Å². The Balaban J connectivity index is 1.76. The number of anilines is 2. The van der Waals surface area contributed by atoms with Crippen molar-refractivity contribution in [2.24, 2.45) is 0 Å². The minimum absolute atomic E-state index is 0.140. The molecule has 176 valence electrons. The molecule has 0 saturated carbocycles. The first-order valence-electron chi connectivity index (χ1n) is 10.6. The highest BCUT2D eigenvalue weighted by Crippen LogP contribution is 2.36. The first kappa shape index (κ1) is 23.5. The van der Waals surface area contributed by atoms with Crippen LogP contribution in [0.2, 0.25) is 5.02 Å². The molecule has 4 aromatic rings. The lowest BCUT2D eigenvalue weighted by Crippen LogP contribution is -2.41. The van der Waals surface area contributed by atoms with Crippen LogP contribution in [0.15, 0.2) is 49.1 Å². The molecular weight excluding hydrogens is 456 g/mol. The van der Waals surface area contributed by atoms with Gasteiger partial charge in [0.1, 0.15) is 17.5 Å². The second-order valence-corrected chi connectivity index (χ2v) is 8.57. The first-order chi connectivity index (χ1) is 16.4. The predicted octanol–water partition coefficient (Wildman–Crippen LogP) is 3.75. The summed E-state index contributed by atoms with van der Waals surface area (Å²) in [5, 5.41) is 11.4. The number of pyridine rings is 1. The fourth-order valence-corrected chi connectivity index (χ4v) is 4.14. The van der Waals surface area contributed by atoms with Gasteiger partial charge in [0.2, 0.25) is 0 Å². The van der Waals surface area contributed by atoms with E-state index >= 15 is 0 Å². The second kappa shape index (κ2) is 9.66. The van der Waals surface area contributed by atoms with Crippen LogP contribution in [-0.2, 0) is 16.1 Å². The number of carbonyl (C=O) groups is 2. The van der Waals surface area contributed by atoms with Crippen LogP contribution >= 0.6 is 11.6 Å². The Morgan fingerprint density at radius 3 is 2.82 bits per heavy atom. The number of ketones is 1. The van der Waals surface area contributed by atoms with E-state index in [9.17, 15) is 9.59 Å². The Hall–Kier alpha value is -3.69. The van der Waals surface area contributed by atoms with Crippen molar-refractivity contribution < 1.29 is 14.3 Å². The summed E-state index contributed by atoms with van der Waals surface area (Å²) in [4.78, 5) is 32.9. The van der Waals surface area contributed by atoms with Crippen molar-refractivity contribution in [1.82, 2.24) is 19.7 Å². The average Bonchev–Trinajstić information content (AvgIpc) is 3.49. The van der Waals surface area contributed by atoms with Crippen LogP contribution in [0.5, 0.6) is 0 Å². The van der Waals surface area contributed by atoms with Gasteiger partial charge < -0.3 is 25.1 Å². The number of nitrogens with zero attached hydrogens (tertiary/aromatic N) is 3. The number of aromatic amines is 1. The number of H-pyrrole nitrogens is 1. The molecule has 1 aromatic carbocycles. The molecule has 34 heavy (non-hydrogen) atoms. The van der Waals surface area contributed by atoms with Gasteiger partial charge in [-0.05, 0) is 30.7 Å². The standard InChI is InChI=1S/C24H25ClN6O3/c1-24(13-32,14-34-3)30-21-19(26-2)11-28-23-20(21)17(10-27-23)22(33)16-6-5-15(9-18(16)25)12-31-8-4-7-29-31/h4-11,13,26H,12,14H2,1-3H3,(H2,27,28,30)/t24-/m1/s1. The molecule has 0 saturated heterocycles. The molecule has 1 atom stereocenters. The Morgan fingerprint density at radius 2 is 2.18 bits per heavy atom. The third kappa shape index (κ3) is 4.52. The third-order valence-corrected chi connectivity index (χ3v) is 5.82. The van der Waals surface area contributed by atoms with Gasteiger partial charge in [0.25, 0.3) is 0 Å². The van der Waals surface area contributed by atoms with Crippen LogP contribution in [0.1, 0.15) is 28.4 Å². The maximum atomic E-state index is 13.6. The summed E-state index contributed by atoms with van der Waals surface area (Å²) in [7, 11) is 3.26. The van der Waals surface area contributed by atoms with Crippen LogP contribution in [0.25, 0.3) is 11.0 Å². The SMILES string of the molecule is CNc1cnc2[nH]cc(C(=O)c3ccc(Cn4cccn4)cc3Cl)c2c1N[C@](C)(C=O)COC. The van der Waals surface area contributed by atoms with Crippen molar-refractivity contribution in [3.8, 4) is 0 Å². The lowest BCUT2D eigenvalue weighted by atomic mass is 9.99. The first-order valence-corrected chi connectivity index (χ1v) is 11.0. The summed E-state index contributed by atoms with van der Waals surface area (Å²) in [5.74, 6) is -0.264. The molecule has 0 amide bonds. The number of fused-ring (bicyclic) bond motifs is 1. The van der Waals surface area contributed by atoms with Gasteiger partial charge in [0, 0.05) is 38.3 Å². The number of aromatic nitrogens is 4. The van der Waals surface area contributed by atoms with E-state index in [1.54, 1.807) is 49.4 Å². The number of hydrogen-bond acceptors (Lipinski definition) is 7. The molecule has 0 unspecified atom stereocenters.